The molecular formula is C26H29ClN6. The highest BCUT2D eigenvalue weighted by atomic mass is 35.5. The average Bonchev–Trinajstić information content (AvgIpc) is 3.33. The Labute approximate surface area is 200 Å². The highest BCUT2D eigenvalue weighted by molar-refractivity contribution is 6.30. The summed E-state index contributed by atoms with van der Waals surface area (Å²) in [6.45, 7) is 6.96. The minimum atomic E-state index is 0.530. The number of para-hydroxylation sites is 1. The third-order valence-electron chi connectivity index (χ3n) is 6.88. The maximum absolute atomic E-state index is 10.2. The molecule has 3 aromatic rings. The summed E-state index contributed by atoms with van der Waals surface area (Å²) in [4.78, 5) is 12.2. The smallest absolute Gasteiger partial charge is 0.147 e. The molecule has 1 aromatic heterocycles. The van der Waals surface area contributed by atoms with Gasteiger partial charge in [0.15, 0.2) is 0 Å². The first kappa shape index (κ1) is 22.0. The van der Waals surface area contributed by atoms with E-state index in [0.717, 1.165) is 67.8 Å². The maximum atomic E-state index is 10.2. The van der Waals surface area contributed by atoms with Crippen LogP contribution in [0.15, 0.2) is 48.5 Å². The molecule has 1 N–H and O–H groups in total. The van der Waals surface area contributed by atoms with Gasteiger partial charge in [0.25, 0.3) is 0 Å². The van der Waals surface area contributed by atoms with Crippen LogP contribution < -0.4 is 10.2 Å². The summed E-state index contributed by atoms with van der Waals surface area (Å²) in [5.74, 6) is 0.643. The highest BCUT2D eigenvalue weighted by Gasteiger charge is 2.32. The van der Waals surface area contributed by atoms with Crippen LogP contribution in [0.3, 0.4) is 0 Å². The van der Waals surface area contributed by atoms with E-state index >= 15 is 0 Å². The molecule has 0 radical (unpaired) electrons. The van der Waals surface area contributed by atoms with Crippen molar-refractivity contribution in [2.45, 2.75) is 19.0 Å². The number of halogens is 1. The van der Waals surface area contributed by atoms with Gasteiger partial charge >= 0.3 is 0 Å². The van der Waals surface area contributed by atoms with Gasteiger partial charge in [-0.25, -0.2) is 4.98 Å². The molecule has 7 heteroatoms. The van der Waals surface area contributed by atoms with Crippen LogP contribution >= 0.6 is 11.6 Å². The molecule has 2 aromatic carbocycles. The number of fused-ring (bicyclic) bond motifs is 1. The van der Waals surface area contributed by atoms with Gasteiger partial charge in [-0.1, -0.05) is 41.9 Å². The molecule has 1 unspecified atom stereocenters. The molecule has 0 amide bonds. The van der Waals surface area contributed by atoms with Gasteiger partial charge in [-0.2, -0.15) is 5.26 Å². The molecule has 0 saturated carbocycles. The number of pyridine rings is 1. The van der Waals surface area contributed by atoms with Crippen molar-refractivity contribution in [3.63, 3.8) is 0 Å². The molecular weight excluding hydrogens is 432 g/mol. The fraction of sp³-hybridized carbons (Fsp3) is 0.385. The minimum Gasteiger partial charge on any atom is -0.368 e. The van der Waals surface area contributed by atoms with Crippen LogP contribution in [0.4, 0.5) is 11.5 Å². The number of nitrogens with one attached hydrogen (secondary N) is 1. The van der Waals surface area contributed by atoms with Gasteiger partial charge < -0.3 is 15.1 Å². The lowest BCUT2D eigenvalue weighted by molar-refractivity contribution is 0.120. The van der Waals surface area contributed by atoms with E-state index in [1.54, 1.807) is 0 Å². The fourth-order valence-corrected chi connectivity index (χ4v) is 5.10. The molecule has 3 heterocycles. The zero-order valence-electron chi connectivity index (χ0n) is 19.0. The lowest BCUT2D eigenvalue weighted by atomic mass is 10.1. The summed E-state index contributed by atoms with van der Waals surface area (Å²) in [5, 5.41) is 15.4. The minimum absolute atomic E-state index is 0.530. The van der Waals surface area contributed by atoms with Crippen molar-refractivity contribution in [3.05, 3.63) is 64.7 Å². The van der Waals surface area contributed by atoms with Crippen LogP contribution in [0.25, 0.3) is 10.9 Å². The molecule has 2 fully saturated rings. The van der Waals surface area contributed by atoms with E-state index in [9.17, 15) is 5.26 Å². The molecule has 0 aliphatic carbocycles. The lowest BCUT2D eigenvalue weighted by Gasteiger charge is -2.36. The number of piperazine rings is 1. The van der Waals surface area contributed by atoms with Crippen molar-refractivity contribution in [2.24, 2.45) is 0 Å². The summed E-state index contributed by atoms with van der Waals surface area (Å²) in [6.07, 6.45) is 1.12. The lowest BCUT2D eigenvalue weighted by Crippen LogP contribution is -2.49. The first-order valence-electron chi connectivity index (χ1n) is 11.6. The molecule has 2 aliphatic rings. The van der Waals surface area contributed by atoms with Gasteiger partial charge in [-0.05, 0) is 37.2 Å². The predicted octanol–water partition coefficient (Wildman–Crippen LogP) is 4.20. The number of hydrogen-bond donors (Lipinski definition) is 1. The largest absolute Gasteiger partial charge is 0.368 e. The van der Waals surface area contributed by atoms with E-state index in [1.807, 2.05) is 42.5 Å². The number of rotatable bonds is 5. The first-order valence-corrected chi connectivity index (χ1v) is 12.0. The molecule has 2 saturated heterocycles. The topological polar surface area (TPSA) is 58.4 Å². The molecule has 170 valence electrons. The van der Waals surface area contributed by atoms with Crippen LogP contribution in [-0.4, -0.2) is 67.1 Å². The quantitative estimate of drug-likeness (QED) is 0.615. The van der Waals surface area contributed by atoms with Gasteiger partial charge in [-0.3, -0.25) is 4.90 Å². The standard InChI is InChI=1S/C26H29ClN6/c1-31-12-14-32(15-13-31)21-10-11-33(18-21)25-22-4-2-3-5-24(22)30-26(23(25)16-28)29-17-19-6-8-20(27)9-7-19/h2-9,21H,10-15,17-18H2,1H3,(H,29,30). The number of benzene rings is 2. The SMILES string of the molecule is CN1CCN(C2CCN(c3c(C#N)c(NCc4ccc(Cl)cc4)nc4ccccc34)C2)CC1. The summed E-state index contributed by atoms with van der Waals surface area (Å²) in [7, 11) is 2.19. The summed E-state index contributed by atoms with van der Waals surface area (Å²) in [6, 6.07) is 18.9. The van der Waals surface area contributed by atoms with Crippen molar-refractivity contribution < 1.29 is 0 Å². The second kappa shape index (κ2) is 9.56. The van der Waals surface area contributed by atoms with E-state index < -0.39 is 0 Å². The monoisotopic (exact) mass is 460 g/mol. The Morgan fingerprint density at radius 1 is 1.06 bits per heavy atom. The number of likely N-dealkylation sites (N-methyl/N-ethyl adjacent to an activating group) is 1. The first-order chi connectivity index (χ1) is 16.1. The van der Waals surface area contributed by atoms with Gasteiger partial charge in [-0.15, -0.1) is 0 Å². The van der Waals surface area contributed by atoms with Crippen molar-refractivity contribution in [1.29, 1.82) is 5.26 Å². The van der Waals surface area contributed by atoms with Crippen molar-refractivity contribution in [1.82, 2.24) is 14.8 Å². The third-order valence-corrected chi connectivity index (χ3v) is 7.14. The number of hydrogen-bond acceptors (Lipinski definition) is 6. The number of nitrogens with zero attached hydrogens (tertiary/aromatic N) is 5. The normalized spacial score (nSPS) is 19.7. The van der Waals surface area contributed by atoms with E-state index in [2.05, 4.69) is 39.2 Å². The fourth-order valence-electron chi connectivity index (χ4n) is 4.97. The highest BCUT2D eigenvalue weighted by Crippen LogP contribution is 2.36. The Morgan fingerprint density at radius 2 is 1.82 bits per heavy atom. The zero-order chi connectivity index (χ0) is 22.8. The van der Waals surface area contributed by atoms with Crippen LogP contribution in [0, 0.1) is 11.3 Å². The Balaban J connectivity index is 1.45. The maximum Gasteiger partial charge on any atom is 0.147 e. The van der Waals surface area contributed by atoms with Crippen molar-refractivity contribution in [2.75, 3.05) is 56.5 Å². The number of anilines is 2. The predicted molar refractivity (Wildman–Crippen MR) is 135 cm³/mol. The average molecular weight is 461 g/mol. The summed E-state index contributed by atoms with van der Waals surface area (Å²) >= 11 is 6.02. The van der Waals surface area contributed by atoms with E-state index in [1.165, 1.54) is 0 Å². The molecule has 1 atom stereocenters. The third kappa shape index (κ3) is 4.63. The molecule has 6 nitrogen and oxygen atoms in total. The Hall–Kier alpha value is -2.85. The number of aromatic nitrogens is 1. The molecule has 5 rings (SSSR count). The number of nitriles is 1. The van der Waals surface area contributed by atoms with Crippen LogP contribution in [0.5, 0.6) is 0 Å². The Morgan fingerprint density at radius 3 is 2.58 bits per heavy atom. The van der Waals surface area contributed by atoms with E-state index in [0.29, 0.717) is 29.0 Å². The summed E-state index contributed by atoms with van der Waals surface area (Å²) in [5.41, 5.74) is 3.64. The molecule has 2 aliphatic heterocycles. The van der Waals surface area contributed by atoms with Crippen molar-refractivity contribution >= 4 is 34.0 Å². The van der Waals surface area contributed by atoms with Gasteiger partial charge in [0.1, 0.15) is 17.5 Å². The molecule has 33 heavy (non-hydrogen) atoms. The van der Waals surface area contributed by atoms with E-state index in [4.69, 9.17) is 16.6 Å². The van der Waals surface area contributed by atoms with Crippen LogP contribution in [0.2, 0.25) is 5.02 Å². The Kier molecular flexibility index (Phi) is 6.37. The molecule has 0 spiro atoms. The van der Waals surface area contributed by atoms with E-state index in [-0.39, 0.29) is 0 Å². The van der Waals surface area contributed by atoms with Crippen LogP contribution in [0.1, 0.15) is 17.5 Å². The van der Waals surface area contributed by atoms with Crippen LogP contribution in [-0.2, 0) is 6.54 Å². The second-order valence-corrected chi connectivity index (χ2v) is 9.46. The summed E-state index contributed by atoms with van der Waals surface area (Å²) < 4.78 is 0. The van der Waals surface area contributed by atoms with Gasteiger partial charge in [0, 0.05) is 62.3 Å². The second-order valence-electron chi connectivity index (χ2n) is 9.02. The van der Waals surface area contributed by atoms with Gasteiger partial charge in [0.2, 0.25) is 0 Å². The van der Waals surface area contributed by atoms with Crippen molar-refractivity contribution in [3.8, 4) is 6.07 Å². The van der Waals surface area contributed by atoms with Gasteiger partial charge in [0.05, 0.1) is 11.2 Å². The zero-order valence-corrected chi connectivity index (χ0v) is 19.7. The molecule has 0 bridgehead atoms. The Bertz CT molecular complexity index is 1160.